The zero-order valence-corrected chi connectivity index (χ0v) is 20.7. The molecule has 0 atom stereocenters. The van der Waals surface area contributed by atoms with Crippen molar-refractivity contribution in [3.63, 3.8) is 0 Å². The molecule has 3 aromatic carbocycles. The lowest BCUT2D eigenvalue weighted by molar-refractivity contribution is 0.0946. The van der Waals surface area contributed by atoms with Gasteiger partial charge in [-0.2, -0.15) is 9.78 Å². The lowest BCUT2D eigenvalue weighted by Crippen LogP contribution is -2.30. The molecule has 5 aromatic rings. The van der Waals surface area contributed by atoms with E-state index in [0.717, 1.165) is 16.5 Å². The average molecular weight is 503 g/mol. The van der Waals surface area contributed by atoms with Gasteiger partial charge in [0.25, 0.3) is 11.5 Å². The first kappa shape index (κ1) is 23.4. The largest absolute Gasteiger partial charge is 0.497 e. The smallest absolute Gasteiger partial charge is 0.296 e. The molecule has 1 amide bonds. The number of carbonyl (C=O) groups is 1. The highest BCUT2D eigenvalue weighted by atomic mass is 35.5. The Balaban J connectivity index is 1.68. The molecule has 9 heteroatoms. The number of aryl methyl sites for hydroxylation is 1. The standard InChI is InChI=1S/C27H23ClN4O4/c1-31-21-10-5-4-9-19(21)23-24(26(33)29-15-16-7-6-8-18(13-16)35-2)30-32(27(34)25(23)31)17-11-12-22(36-3)20(28)14-17/h4-14H,15H2,1-3H3,(H,29,33). The number of ether oxygens (including phenoxy) is 2. The van der Waals surface area contributed by atoms with Crippen LogP contribution in [0.4, 0.5) is 0 Å². The van der Waals surface area contributed by atoms with Crippen molar-refractivity contribution >= 4 is 39.3 Å². The van der Waals surface area contributed by atoms with Gasteiger partial charge < -0.3 is 19.4 Å². The van der Waals surface area contributed by atoms with E-state index in [9.17, 15) is 9.59 Å². The lowest BCUT2D eigenvalue weighted by Gasteiger charge is -2.12. The summed E-state index contributed by atoms with van der Waals surface area (Å²) < 4.78 is 13.5. The van der Waals surface area contributed by atoms with Crippen LogP contribution in [0.1, 0.15) is 16.1 Å². The Hall–Kier alpha value is -4.30. The number of nitrogens with one attached hydrogen (secondary N) is 1. The summed E-state index contributed by atoms with van der Waals surface area (Å²) in [7, 11) is 4.90. The van der Waals surface area contributed by atoms with Gasteiger partial charge in [0.1, 0.15) is 17.0 Å². The zero-order chi connectivity index (χ0) is 25.4. The fourth-order valence-electron chi connectivity index (χ4n) is 4.35. The fraction of sp³-hybridized carbons (Fsp3) is 0.148. The summed E-state index contributed by atoms with van der Waals surface area (Å²) >= 11 is 6.33. The van der Waals surface area contributed by atoms with Gasteiger partial charge in [0.15, 0.2) is 5.69 Å². The van der Waals surface area contributed by atoms with E-state index in [0.29, 0.717) is 33.1 Å². The van der Waals surface area contributed by atoms with Crippen LogP contribution in [0, 0.1) is 0 Å². The number of amides is 1. The van der Waals surface area contributed by atoms with Gasteiger partial charge in [0.2, 0.25) is 0 Å². The van der Waals surface area contributed by atoms with Crippen molar-refractivity contribution in [1.82, 2.24) is 19.7 Å². The van der Waals surface area contributed by atoms with Crippen LogP contribution in [-0.2, 0) is 13.6 Å². The minimum absolute atomic E-state index is 0.135. The molecule has 5 rings (SSSR count). The van der Waals surface area contributed by atoms with Gasteiger partial charge in [0, 0.05) is 29.9 Å². The zero-order valence-electron chi connectivity index (χ0n) is 19.9. The van der Waals surface area contributed by atoms with E-state index < -0.39 is 5.91 Å². The average Bonchev–Trinajstić information content (AvgIpc) is 3.20. The summed E-state index contributed by atoms with van der Waals surface area (Å²) in [6.07, 6.45) is 0. The van der Waals surface area contributed by atoms with Crippen LogP contribution in [0.25, 0.3) is 27.5 Å². The van der Waals surface area contributed by atoms with E-state index in [-0.39, 0.29) is 17.8 Å². The second-order valence-electron chi connectivity index (χ2n) is 8.22. The van der Waals surface area contributed by atoms with Crippen LogP contribution in [0.2, 0.25) is 5.02 Å². The number of halogens is 1. The molecule has 0 saturated heterocycles. The number of aromatic nitrogens is 3. The van der Waals surface area contributed by atoms with E-state index in [1.807, 2.05) is 48.5 Å². The number of rotatable bonds is 6. The predicted octanol–water partition coefficient (Wildman–Crippen LogP) is 4.48. The first-order valence-corrected chi connectivity index (χ1v) is 11.6. The van der Waals surface area contributed by atoms with Crippen LogP contribution in [-0.4, -0.2) is 34.5 Å². The summed E-state index contributed by atoms with van der Waals surface area (Å²) in [5, 5.41) is 9.05. The first-order chi connectivity index (χ1) is 17.4. The number of hydrogen-bond donors (Lipinski definition) is 1. The van der Waals surface area contributed by atoms with Crippen molar-refractivity contribution in [3.05, 3.63) is 93.4 Å². The summed E-state index contributed by atoms with van der Waals surface area (Å²) in [5.74, 6) is 0.754. The quantitative estimate of drug-likeness (QED) is 0.370. The van der Waals surface area contributed by atoms with Crippen LogP contribution >= 0.6 is 11.6 Å². The topological polar surface area (TPSA) is 87.4 Å². The Morgan fingerprint density at radius 3 is 2.58 bits per heavy atom. The molecule has 8 nitrogen and oxygen atoms in total. The molecule has 0 aliphatic rings. The van der Waals surface area contributed by atoms with E-state index in [2.05, 4.69) is 10.4 Å². The van der Waals surface area contributed by atoms with E-state index >= 15 is 0 Å². The number of fused-ring (bicyclic) bond motifs is 3. The van der Waals surface area contributed by atoms with Crippen LogP contribution < -0.4 is 20.3 Å². The van der Waals surface area contributed by atoms with Gasteiger partial charge in [-0.1, -0.05) is 41.9 Å². The molecule has 36 heavy (non-hydrogen) atoms. The number of nitrogens with zero attached hydrogens (tertiary/aromatic N) is 3. The third-order valence-electron chi connectivity index (χ3n) is 6.12. The van der Waals surface area contributed by atoms with E-state index in [4.69, 9.17) is 21.1 Å². The van der Waals surface area contributed by atoms with Crippen molar-refractivity contribution in [2.75, 3.05) is 14.2 Å². The molecule has 2 aromatic heterocycles. The van der Waals surface area contributed by atoms with Gasteiger partial charge in [-0.15, -0.1) is 0 Å². The highest BCUT2D eigenvalue weighted by Crippen LogP contribution is 2.30. The Morgan fingerprint density at radius 2 is 1.83 bits per heavy atom. The Labute approximate surface area is 211 Å². The van der Waals surface area contributed by atoms with Gasteiger partial charge >= 0.3 is 0 Å². The van der Waals surface area contributed by atoms with Gasteiger partial charge in [-0.05, 0) is 42.0 Å². The highest BCUT2D eigenvalue weighted by molar-refractivity contribution is 6.32. The molecule has 0 aliphatic heterocycles. The van der Waals surface area contributed by atoms with Crippen molar-refractivity contribution in [3.8, 4) is 17.2 Å². The third kappa shape index (κ3) is 3.95. The van der Waals surface area contributed by atoms with Crippen molar-refractivity contribution < 1.29 is 14.3 Å². The number of hydrogen-bond acceptors (Lipinski definition) is 5. The van der Waals surface area contributed by atoms with Crippen molar-refractivity contribution in [2.24, 2.45) is 7.05 Å². The molecular formula is C27H23ClN4O4. The maximum absolute atomic E-state index is 13.7. The van der Waals surface area contributed by atoms with Crippen molar-refractivity contribution in [1.29, 1.82) is 0 Å². The molecular weight excluding hydrogens is 480 g/mol. The third-order valence-corrected chi connectivity index (χ3v) is 6.42. The molecule has 0 unspecified atom stereocenters. The normalized spacial score (nSPS) is 11.1. The molecule has 0 aliphatic carbocycles. The summed E-state index contributed by atoms with van der Waals surface area (Å²) in [4.78, 5) is 27.2. The SMILES string of the molecule is COc1cccc(CNC(=O)c2nn(-c3ccc(OC)c(Cl)c3)c(=O)c3c2c2ccccc2n3C)c1. The minimum atomic E-state index is -0.410. The molecule has 182 valence electrons. The van der Waals surface area contributed by atoms with Crippen LogP contribution in [0.3, 0.4) is 0 Å². The Kier molecular flexibility index (Phi) is 6.12. The predicted molar refractivity (Wildman–Crippen MR) is 140 cm³/mol. The van der Waals surface area contributed by atoms with E-state index in [1.165, 1.54) is 11.8 Å². The monoisotopic (exact) mass is 502 g/mol. The van der Waals surface area contributed by atoms with Crippen LogP contribution in [0.5, 0.6) is 11.5 Å². The Morgan fingerprint density at radius 1 is 1.03 bits per heavy atom. The first-order valence-electron chi connectivity index (χ1n) is 11.2. The van der Waals surface area contributed by atoms with Gasteiger partial charge in [-0.25, -0.2) is 0 Å². The fourth-order valence-corrected chi connectivity index (χ4v) is 4.60. The molecule has 0 spiro atoms. The highest BCUT2D eigenvalue weighted by Gasteiger charge is 2.23. The number of para-hydroxylation sites is 1. The van der Waals surface area contributed by atoms with Crippen molar-refractivity contribution in [2.45, 2.75) is 6.54 Å². The molecule has 0 fully saturated rings. The maximum Gasteiger partial charge on any atom is 0.296 e. The minimum Gasteiger partial charge on any atom is -0.497 e. The van der Waals surface area contributed by atoms with Gasteiger partial charge in [-0.3, -0.25) is 9.59 Å². The van der Waals surface area contributed by atoms with Crippen LogP contribution in [0.15, 0.2) is 71.5 Å². The number of methoxy groups -OCH3 is 2. The summed E-state index contributed by atoms with van der Waals surface area (Å²) in [6.45, 7) is 0.261. The second kappa shape index (κ2) is 9.39. The summed E-state index contributed by atoms with van der Waals surface area (Å²) in [6, 6.07) is 19.9. The lowest BCUT2D eigenvalue weighted by atomic mass is 10.1. The van der Waals surface area contributed by atoms with E-state index in [1.54, 1.807) is 36.9 Å². The molecule has 2 heterocycles. The maximum atomic E-state index is 13.7. The number of benzene rings is 3. The molecule has 1 N–H and O–H groups in total. The Bertz CT molecular complexity index is 1690. The van der Waals surface area contributed by atoms with Gasteiger partial charge in [0.05, 0.1) is 24.9 Å². The molecule has 0 radical (unpaired) electrons. The molecule has 0 bridgehead atoms. The molecule has 0 saturated carbocycles. The summed E-state index contributed by atoms with van der Waals surface area (Å²) in [5.41, 5.74) is 2.24. The number of carbonyl (C=O) groups excluding carboxylic acids is 1. The second-order valence-corrected chi connectivity index (χ2v) is 8.63.